The second-order valence-electron chi connectivity index (χ2n) is 3.05. The van der Waals surface area contributed by atoms with Gasteiger partial charge in [0.2, 0.25) is 0 Å². The van der Waals surface area contributed by atoms with Gasteiger partial charge in [-0.15, -0.1) is 0 Å². The van der Waals surface area contributed by atoms with E-state index in [1.165, 1.54) is 6.20 Å². The van der Waals surface area contributed by atoms with Crippen molar-refractivity contribution in [2.75, 3.05) is 0 Å². The van der Waals surface area contributed by atoms with Gasteiger partial charge in [0.1, 0.15) is 11.8 Å². The lowest BCUT2D eigenvalue weighted by atomic mass is 10.1. The Morgan fingerprint density at radius 3 is 2.88 bits per heavy atom. The Kier molecular flexibility index (Phi) is 3.04. The third kappa shape index (κ3) is 2.30. The quantitative estimate of drug-likeness (QED) is 0.743. The van der Waals surface area contributed by atoms with Crippen molar-refractivity contribution in [1.29, 1.82) is 5.26 Å². The fraction of sp³-hybridized carbons (Fsp3) is 0. The first-order valence-electron chi connectivity index (χ1n) is 4.57. The molecule has 0 radical (unpaired) electrons. The first-order valence-corrected chi connectivity index (χ1v) is 4.94. The second-order valence-corrected chi connectivity index (χ2v) is 3.48. The van der Waals surface area contributed by atoms with E-state index in [2.05, 4.69) is 11.1 Å². The van der Waals surface area contributed by atoms with Crippen molar-refractivity contribution in [2.24, 2.45) is 0 Å². The van der Waals surface area contributed by atoms with E-state index >= 15 is 0 Å². The molecule has 0 aromatic carbocycles. The highest BCUT2D eigenvalue weighted by molar-refractivity contribution is 6.30. The first-order chi connectivity index (χ1) is 7.79. The number of hydrogen-bond donors (Lipinski definition) is 0. The van der Waals surface area contributed by atoms with Crippen LogP contribution in [0.4, 0.5) is 0 Å². The summed E-state index contributed by atoms with van der Waals surface area (Å²) in [5, 5.41) is 9.56. The third-order valence-corrected chi connectivity index (χ3v) is 2.18. The third-order valence-electron chi connectivity index (χ3n) is 1.95. The number of allylic oxidation sites excluding steroid dienone is 1. The van der Waals surface area contributed by atoms with Gasteiger partial charge in [-0.2, -0.15) is 5.26 Å². The molecule has 0 fully saturated rings. The van der Waals surface area contributed by atoms with Gasteiger partial charge in [0, 0.05) is 12.3 Å². The van der Waals surface area contributed by atoms with Crippen molar-refractivity contribution in [1.82, 2.24) is 4.98 Å². The minimum absolute atomic E-state index is 0.437. The van der Waals surface area contributed by atoms with E-state index in [1.54, 1.807) is 36.6 Å². The molecular formula is C12H7ClN2O. The molecule has 0 unspecified atom stereocenters. The maximum Gasteiger partial charge on any atom is 0.128 e. The monoisotopic (exact) mass is 230 g/mol. The van der Waals surface area contributed by atoms with Crippen molar-refractivity contribution >= 4 is 23.3 Å². The van der Waals surface area contributed by atoms with Crippen LogP contribution in [-0.2, 0) is 0 Å². The standard InChI is InChI=1S/C12H7ClN2O/c13-10-3-4-12(15-8-10)9(7-14)6-11-2-1-5-16-11/h1-6,8H/b9-6+. The number of halogens is 1. The van der Waals surface area contributed by atoms with E-state index in [-0.39, 0.29) is 0 Å². The van der Waals surface area contributed by atoms with Gasteiger partial charge in [0.25, 0.3) is 0 Å². The minimum atomic E-state index is 0.437. The van der Waals surface area contributed by atoms with Gasteiger partial charge in [-0.05, 0) is 24.3 Å². The number of hydrogen-bond acceptors (Lipinski definition) is 3. The van der Waals surface area contributed by atoms with Crippen LogP contribution in [0.3, 0.4) is 0 Å². The van der Waals surface area contributed by atoms with Gasteiger partial charge >= 0.3 is 0 Å². The molecule has 78 valence electrons. The normalized spacial score (nSPS) is 11.1. The molecule has 0 N–H and O–H groups in total. The zero-order valence-corrected chi connectivity index (χ0v) is 8.98. The van der Waals surface area contributed by atoms with Gasteiger partial charge in [0.15, 0.2) is 0 Å². The summed E-state index contributed by atoms with van der Waals surface area (Å²) < 4.78 is 5.13. The lowest BCUT2D eigenvalue weighted by Crippen LogP contribution is -1.85. The van der Waals surface area contributed by atoms with Crippen molar-refractivity contribution in [3.05, 3.63) is 53.2 Å². The summed E-state index contributed by atoms with van der Waals surface area (Å²) in [7, 11) is 0. The summed E-state index contributed by atoms with van der Waals surface area (Å²) in [6.07, 6.45) is 4.69. The van der Waals surface area contributed by atoms with E-state index < -0.39 is 0 Å². The van der Waals surface area contributed by atoms with Gasteiger partial charge in [-0.3, -0.25) is 4.98 Å². The largest absolute Gasteiger partial charge is 0.465 e. The molecule has 16 heavy (non-hydrogen) atoms. The Bertz CT molecular complexity index is 535. The lowest BCUT2D eigenvalue weighted by Gasteiger charge is -1.97. The summed E-state index contributed by atoms with van der Waals surface area (Å²) >= 11 is 5.72. The van der Waals surface area contributed by atoms with Crippen LogP contribution in [-0.4, -0.2) is 4.98 Å². The summed E-state index contributed by atoms with van der Waals surface area (Å²) in [6, 6.07) is 8.99. The fourth-order valence-corrected chi connectivity index (χ4v) is 1.33. The Labute approximate surface area is 97.6 Å². The zero-order chi connectivity index (χ0) is 11.4. The molecule has 0 amide bonds. The summed E-state index contributed by atoms with van der Waals surface area (Å²) in [6.45, 7) is 0. The Morgan fingerprint density at radius 1 is 1.44 bits per heavy atom. The smallest absolute Gasteiger partial charge is 0.128 e. The summed E-state index contributed by atoms with van der Waals surface area (Å²) in [5.41, 5.74) is 1.01. The molecule has 3 nitrogen and oxygen atoms in total. The van der Waals surface area contributed by atoms with E-state index in [1.807, 2.05) is 0 Å². The Balaban J connectivity index is 2.37. The highest BCUT2D eigenvalue weighted by Crippen LogP contribution is 2.17. The van der Waals surface area contributed by atoms with Crippen LogP contribution in [0, 0.1) is 11.3 Å². The predicted molar refractivity (Wildman–Crippen MR) is 61.4 cm³/mol. The highest BCUT2D eigenvalue weighted by atomic mass is 35.5. The van der Waals surface area contributed by atoms with Crippen LogP contribution >= 0.6 is 11.6 Å². The van der Waals surface area contributed by atoms with E-state index in [9.17, 15) is 0 Å². The Morgan fingerprint density at radius 2 is 2.31 bits per heavy atom. The first kappa shape index (κ1) is 10.5. The van der Waals surface area contributed by atoms with Crippen molar-refractivity contribution in [2.45, 2.75) is 0 Å². The molecule has 2 aromatic heterocycles. The van der Waals surface area contributed by atoms with Gasteiger partial charge in [-0.1, -0.05) is 11.6 Å². The molecule has 0 aliphatic heterocycles. The number of pyridine rings is 1. The van der Waals surface area contributed by atoms with E-state index in [4.69, 9.17) is 21.3 Å². The molecule has 0 spiro atoms. The van der Waals surface area contributed by atoms with Crippen molar-refractivity contribution in [3.63, 3.8) is 0 Å². The average Bonchev–Trinajstić information content (AvgIpc) is 2.80. The molecule has 0 saturated heterocycles. The molecule has 0 atom stereocenters. The molecule has 0 aliphatic carbocycles. The highest BCUT2D eigenvalue weighted by Gasteiger charge is 2.03. The SMILES string of the molecule is N#C/C(=C\c1ccco1)c1ccc(Cl)cn1. The lowest BCUT2D eigenvalue weighted by molar-refractivity contribution is 0.557. The number of aromatic nitrogens is 1. The summed E-state index contributed by atoms with van der Waals surface area (Å²) in [5.74, 6) is 0.619. The molecule has 0 saturated carbocycles. The molecule has 2 rings (SSSR count). The number of furan rings is 1. The molecule has 0 aliphatic rings. The van der Waals surface area contributed by atoms with Gasteiger partial charge < -0.3 is 4.42 Å². The molecule has 2 aromatic rings. The van der Waals surface area contributed by atoms with Crippen molar-refractivity contribution in [3.8, 4) is 6.07 Å². The zero-order valence-electron chi connectivity index (χ0n) is 8.22. The van der Waals surface area contributed by atoms with Gasteiger partial charge in [0.05, 0.1) is 22.6 Å². The topological polar surface area (TPSA) is 49.8 Å². The maximum absolute atomic E-state index is 9.01. The predicted octanol–water partition coefficient (Wildman–Crippen LogP) is 3.39. The van der Waals surface area contributed by atoms with Crippen LogP contribution in [0.1, 0.15) is 11.5 Å². The molecular weight excluding hydrogens is 224 g/mol. The van der Waals surface area contributed by atoms with Crippen LogP contribution in [0.2, 0.25) is 5.02 Å². The number of nitriles is 1. The fourth-order valence-electron chi connectivity index (χ4n) is 1.21. The summed E-state index contributed by atoms with van der Waals surface area (Å²) in [4.78, 5) is 4.07. The average molecular weight is 231 g/mol. The number of rotatable bonds is 2. The van der Waals surface area contributed by atoms with Crippen molar-refractivity contribution < 1.29 is 4.42 Å². The molecule has 0 bridgehead atoms. The van der Waals surface area contributed by atoms with Crippen LogP contribution in [0.15, 0.2) is 41.1 Å². The van der Waals surface area contributed by atoms with E-state index in [0.717, 1.165) is 0 Å². The molecule has 4 heteroatoms. The maximum atomic E-state index is 9.01. The molecule has 2 heterocycles. The van der Waals surface area contributed by atoms with Crippen LogP contribution in [0.5, 0.6) is 0 Å². The Hall–Kier alpha value is -2.05. The van der Waals surface area contributed by atoms with Crippen LogP contribution < -0.4 is 0 Å². The van der Waals surface area contributed by atoms with Gasteiger partial charge in [-0.25, -0.2) is 0 Å². The second kappa shape index (κ2) is 4.65. The number of nitrogens with zero attached hydrogens (tertiary/aromatic N) is 2. The van der Waals surface area contributed by atoms with Crippen LogP contribution in [0.25, 0.3) is 11.6 Å². The minimum Gasteiger partial charge on any atom is -0.465 e. The van der Waals surface area contributed by atoms with E-state index in [0.29, 0.717) is 22.0 Å².